The molecule has 36 heavy (non-hydrogen) atoms. The number of nitrogens with zero attached hydrogens (tertiary/aromatic N) is 6. The second-order valence-electron chi connectivity index (χ2n) is 9.08. The Labute approximate surface area is 216 Å². The molecular formula is C27H30FN7S. The summed E-state index contributed by atoms with van der Waals surface area (Å²) >= 11 is 5.66. The fourth-order valence-corrected chi connectivity index (χ4v) is 4.85. The third kappa shape index (κ3) is 5.32. The Kier molecular flexibility index (Phi) is 7.11. The molecule has 1 aliphatic rings. The number of hydrogen-bond acceptors (Lipinski definition) is 4. The molecule has 7 nitrogen and oxygen atoms in total. The zero-order valence-electron chi connectivity index (χ0n) is 20.6. The highest BCUT2D eigenvalue weighted by Crippen LogP contribution is 2.20. The molecule has 0 aliphatic carbocycles. The van der Waals surface area contributed by atoms with Crippen molar-refractivity contribution in [2.24, 2.45) is 0 Å². The van der Waals surface area contributed by atoms with E-state index in [9.17, 15) is 4.39 Å². The number of para-hydroxylation sites is 1. The predicted molar refractivity (Wildman–Crippen MR) is 144 cm³/mol. The fraction of sp³-hybridized carbons (Fsp3) is 0.296. The van der Waals surface area contributed by atoms with E-state index in [-0.39, 0.29) is 5.82 Å². The van der Waals surface area contributed by atoms with Gasteiger partial charge in [-0.3, -0.25) is 9.58 Å². The van der Waals surface area contributed by atoms with E-state index >= 15 is 0 Å². The van der Waals surface area contributed by atoms with E-state index in [2.05, 4.69) is 46.2 Å². The predicted octanol–water partition coefficient (Wildman–Crippen LogP) is 4.39. The molecular weight excluding hydrogens is 473 g/mol. The molecule has 1 aliphatic heterocycles. The molecule has 1 fully saturated rings. The number of piperazine rings is 1. The summed E-state index contributed by atoms with van der Waals surface area (Å²) in [6, 6.07) is 18.9. The molecule has 0 atom stereocenters. The van der Waals surface area contributed by atoms with Crippen LogP contribution in [0.1, 0.15) is 22.5 Å². The molecule has 2 aromatic heterocycles. The minimum atomic E-state index is -0.228. The highest BCUT2D eigenvalue weighted by molar-refractivity contribution is 7.80. The Morgan fingerprint density at radius 2 is 1.64 bits per heavy atom. The van der Waals surface area contributed by atoms with Crippen LogP contribution in [0.15, 0.2) is 66.9 Å². The highest BCUT2D eigenvalue weighted by Gasteiger charge is 2.22. The van der Waals surface area contributed by atoms with E-state index in [1.165, 1.54) is 17.3 Å². The van der Waals surface area contributed by atoms with Crippen molar-refractivity contribution in [3.05, 3.63) is 95.2 Å². The van der Waals surface area contributed by atoms with Gasteiger partial charge >= 0.3 is 0 Å². The SMILES string of the molecule is Cc1nn(-c2ccccc2)c(C)c1CN1CCN(C(=S)Nc2ccn(Cc3ccccc3F)n2)CC1. The number of halogens is 1. The van der Waals surface area contributed by atoms with E-state index in [0.717, 1.165) is 44.1 Å². The van der Waals surface area contributed by atoms with Gasteiger partial charge in [-0.1, -0.05) is 36.4 Å². The second kappa shape index (κ2) is 10.6. The highest BCUT2D eigenvalue weighted by atomic mass is 32.1. The lowest BCUT2D eigenvalue weighted by Gasteiger charge is -2.36. The van der Waals surface area contributed by atoms with Crippen molar-refractivity contribution in [2.45, 2.75) is 26.9 Å². The van der Waals surface area contributed by atoms with Gasteiger partial charge in [-0.05, 0) is 44.3 Å². The van der Waals surface area contributed by atoms with Gasteiger partial charge in [0.2, 0.25) is 0 Å². The molecule has 1 saturated heterocycles. The summed E-state index contributed by atoms with van der Waals surface area (Å²) in [6.07, 6.45) is 1.83. The molecule has 0 bridgehead atoms. The van der Waals surface area contributed by atoms with Crippen LogP contribution in [0.2, 0.25) is 0 Å². The van der Waals surface area contributed by atoms with Gasteiger partial charge in [-0.15, -0.1) is 0 Å². The summed E-state index contributed by atoms with van der Waals surface area (Å²) < 4.78 is 17.7. The van der Waals surface area contributed by atoms with Gasteiger partial charge in [0, 0.05) is 61.8 Å². The third-order valence-electron chi connectivity index (χ3n) is 6.65. The normalized spacial score (nSPS) is 14.2. The minimum Gasteiger partial charge on any atom is -0.346 e. The van der Waals surface area contributed by atoms with Crippen molar-refractivity contribution in [1.29, 1.82) is 0 Å². The lowest BCUT2D eigenvalue weighted by Crippen LogP contribution is -2.49. The van der Waals surface area contributed by atoms with Crippen molar-refractivity contribution in [3.63, 3.8) is 0 Å². The van der Waals surface area contributed by atoms with E-state index in [0.29, 0.717) is 23.0 Å². The molecule has 4 aromatic rings. The Bertz CT molecular complexity index is 1340. The number of aromatic nitrogens is 4. The molecule has 9 heteroatoms. The lowest BCUT2D eigenvalue weighted by molar-refractivity contribution is 0.176. The number of thiocarbonyl (C=S) groups is 1. The van der Waals surface area contributed by atoms with Crippen molar-refractivity contribution < 1.29 is 4.39 Å². The fourth-order valence-electron chi connectivity index (χ4n) is 4.56. The van der Waals surface area contributed by atoms with E-state index in [1.807, 2.05) is 41.2 Å². The van der Waals surface area contributed by atoms with Gasteiger partial charge in [-0.25, -0.2) is 9.07 Å². The number of benzene rings is 2. The number of hydrogen-bond donors (Lipinski definition) is 1. The number of anilines is 1. The number of rotatable bonds is 6. The topological polar surface area (TPSA) is 54.2 Å². The van der Waals surface area contributed by atoms with Gasteiger partial charge < -0.3 is 10.2 Å². The maximum atomic E-state index is 13.9. The molecule has 3 heterocycles. The summed E-state index contributed by atoms with van der Waals surface area (Å²) in [6.45, 7) is 8.99. The summed E-state index contributed by atoms with van der Waals surface area (Å²) in [7, 11) is 0. The molecule has 2 aromatic carbocycles. The van der Waals surface area contributed by atoms with Crippen LogP contribution in [0, 0.1) is 19.7 Å². The average Bonchev–Trinajstić information content (AvgIpc) is 3.45. The van der Waals surface area contributed by atoms with Gasteiger partial charge in [0.25, 0.3) is 0 Å². The Balaban J connectivity index is 1.14. The number of nitrogens with one attached hydrogen (secondary N) is 1. The molecule has 0 unspecified atom stereocenters. The van der Waals surface area contributed by atoms with Crippen molar-refractivity contribution in [2.75, 3.05) is 31.5 Å². The summed E-state index contributed by atoms with van der Waals surface area (Å²) in [5.41, 5.74) is 5.23. The first kappa shape index (κ1) is 24.1. The summed E-state index contributed by atoms with van der Waals surface area (Å²) in [4.78, 5) is 4.63. The first-order valence-corrected chi connectivity index (χ1v) is 12.5. The van der Waals surface area contributed by atoms with Crippen LogP contribution in [-0.4, -0.2) is 60.7 Å². The Morgan fingerprint density at radius 1 is 0.917 bits per heavy atom. The van der Waals surface area contributed by atoms with Gasteiger partial charge in [0.05, 0.1) is 17.9 Å². The second-order valence-corrected chi connectivity index (χ2v) is 9.47. The van der Waals surface area contributed by atoms with E-state index in [1.54, 1.807) is 16.8 Å². The van der Waals surface area contributed by atoms with Gasteiger partial charge in [-0.2, -0.15) is 10.2 Å². The molecule has 186 valence electrons. The van der Waals surface area contributed by atoms with Gasteiger partial charge in [0.15, 0.2) is 10.9 Å². The maximum absolute atomic E-state index is 13.9. The average molecular weight is 504 g/mol. The molecule has 0 saturated carbocycles. The quantitative estimate of drug-likeness (QED) is 0.394. The van der Waals surface area contributed by atoms with Crippen LogP contribution < -0.4 is 5.32 Å². The van der Waals surface area contributed by atoms with Crippen molar-refractivity contribution in [3.8, 4) is 5.69 Å². The van der Waals surface area contributed by atoms with Crippen LogP contribution in [-0.2, 0) is 13.1 Å². The maximum Gasteiger partial charge on any atom is 0.174 e. The van der Waals surface area contributed by atoms with Crippen LogP contribution >= 0.6 is 12.2 Å². The lowest BCUT2D eigenvalue weighted by atomic mass is 10.1. The monoisotopic (exact) mass is 503 g/mol. The molecule has 0 amide bonds. The van der Waals surface area contributed by atoms with Crippen LogP contribution in [0.25, 0.3) is 5.69 Å². The Morgan fingerprint density at radius 3 is 2.39 bits per heavy atom. The zero-order valence-corrected chi connectivity index (χ0v) is 21.4. The van der Waals surface area contributed by atoms with Crippen LogP contribution in [0.3, 0.4) is 0 Å². The van der Waals surface area contributed by atoms with Crippen molar-refractivity contribution >= 4 is 23.1 Å². The summed E-state index contributed by atoms with van der Waals surface area (Å²) in [5.74, 6) is 0.437. The summed E-state index contributed by atoms with van der Waals surface area (Å²) in [5, 5.41) is 13.2. The van der Waals surface area contributed by atoms with Gasteiger partial charge in [0.1, 0.15) is 5.82 Å². The van der Waals surface area contributed by atoms with Crippen molar-refractivity contribution in [1.82, 2.24) is 29.4 Å². The molecule has 5 rings (SSSR count). The largest absolute Gasteiger partial charge is 0.346 e. The first-order valence-electron chi connectivity index (χ1n) is 12.1. The molecule has 0 radical (unpaired) electrons. The first-order chi connectivity index (χ1) is 17.5. The molecule has 0 spiro atoms. The van der Waals surface area contributed by atoms with E-state index in [4.69, 9.17) is 17.3 Å². The standard InChI is InChI=1S/C27H30FN7S/c1-20-24(21(2)35(30-20)23-9-4-3-5-10-23)19-32-14-16-33(17-15-32)27(36)29-26-12-13-34(31-26)18-22-8-6-7-11-25(22)28/h3-13H,14-19H2,1-2H3,(H,29,31,36). The number of aryl methyl sites for hydroxylation is 1. The minimum absolute atomic E-state index is 0.228. The molecule has 1 N–H and O–H groups in total. The Hall–Kier alpha value is -3.56. The third-order valence-corrected chi connectivity index (χ3v) is 7.01. The van der Waals surface area contributed by atoms with Crippen LogP contribution in [0.5, 0.6) is 0 Å². The van der Waals surface area contributed by atoms with Crippen LogP contribution in [0.4, 0.5) is 10.2 Å². The zero-order chi connectivity index (χ0) is 25.1. The van der Waals surface area contributed by atoms with E-state index < -0.39 is 0 Å². The smallest absolute Gasteiger partial charge is 0.174 e.